The number of nitrogens with one attached hydrogen (secondary N) is 2. The van der Waals surface area contributed by atoms with Crippen molar-refractivity contribution < 1.29 is 4.79 Å². The van der Waals surface area contributed by atoms with Crippen LogP contribution in [0.25, 0.3) is 0 Å². The van der Waals surface area contributed by atoms with Gasteiger partial charge in [0.1, 0.15) is 0 Å². The summed E-state index contributed by atoms with van der Waals surface area (Å²) in [6.07, 6.45) is 3.41. The van der Waals surface area contributed by atoms with Crippen molar-refractivity contribution >= 4 is 11.7 Å². The van der Waals surface area contributed by atoms with Gasteiger partial charge in [-0.2, -0.15) is 5.10 Å². The number of aromatic nitrogens is 2. The highest BCUT2D eigenvalue weighted by atomic mass is 16.2. The highest BCUT2D eigenvalue weighted by Gasteiger charge is 2.03. The van der Waals surface area contributed by atoms with Gasteiger partial charge in [0, 0.05) is 19.3 Å². The van der Waals surface area contributed by atoms with Crippen molar-refractivity contribution in [2.45, 2.75) is 19.9 Å². The molecule has 72 valence electrons. The Morgan fingerprint density at radius 2 is 2.31 bits per heavy atom. The second-order valence-electron chi connectivity index (χ2n) is 3.01. The number of urea groups is 1. The van der Waals surface area contributed by atoms with Crippen LogP contribution in [-0.2, 0) is 0 Å². The molecule has 13 heavy (non-hydrogen) atoms. The summed E-state index contributed by atoms with van der Waals surface area (Å²) >= 11 is 0. The maximum Gasteiger partial charge on any atom is 0.319 e. The van der Waals surface area contributed by atoms with Gasteiger partial charge in [0.25, 0.3) is 0 Å². The zero-order valence-electron chi connectivity index (χ0n) is 8.03. The molecule has 0 bridgehead atoms. The van der Waals surface area contributed by atoms with Crippen LogP contribution in [0.3, 0.4) is 0 Å². The monoisotopic (exact) mass is 182 g/mol. The lowest BCUT2D eigenvalue weighted by molar-refractivity contribution is 0.254. The number of carbonyl (C=O) groups is 1. The molecule has 0 fully saturated rings. The van der Waals surface area contributed by atoms with E-state index < -0.39 is 0 Å². The van der Waals surface area contributed by atoms with Gasteiger partial charge in [0.15, 0.2) is 0 Å². The number of amides is 2. The highest BCUT2D eigenvalue weighted by molar-refractivity contribution is 5.88. The fraction of sp³-hybridized carbons (Fsp3) is 0.500. The first kappa shape index (κ1) is 9.57. The summed E-state index contributed by atoms with van der Waals surface area (Å²) in [5.41, 5.74) is 0.702. The Morgan fingerprint density at radius 3 is 2.77 bits per heavy atom. The average Bonchev–Trinajstić information content (AvgIpc) is 2.52. The third-order valence-electron chi connectivity index (χ3n) is 1.62. The average molecular weight is 182 g/mol. The van der Waals surface area contributed by atoms with Crippen LogP contribution in [0.5, 0.6) is 0 Å². The molecule has 2 amide bonds. The first-order chi connectivity index (χ1) is 6.13. The molecule has 0 spiro atoms. The summed E-state index contributed by atoms with van der Waals surface area (Å²) < 4.78 is 1.78. The SMILES string of the molecule is CNC(=O)Nc1cnn(C(C)C)c1. The van der Waals surface area contributed by atoms with Gasteiger partial charge in [-0.3, -0.25) is 4.68 Å². The van der Waals surface area contributed by atoms with Crippen LogP contribution in [0, 0.1) is 0 Å². The topological polar surface area (TPSA) is 59.0 Å². The lowest BCUT2D eigenvalue weighted by atomic mass is 10.4. The van der Waals surface area contributed by atoms with Crippen LogP contribution < -0.4 is 10.6 Å². The molecule has 0 atom stereocenters. The molecule has 0 aliphatic rings. The van der Waals surface area contributed by atoms with Crippen molar-refractivity contribution in [1.82, 2.24) is 15.1 Å². The van der Waals surface area contributed by atoms with Crippen molar-refractivity contribution in [3.63, 3.8) is 0 Å². The molecule has 5 nitrogen and oxygen atoms in total. The lowest BCUT2D eigenvalue weighted by Crippen LogP contribution is -2.24. The van der Waals surface area contributed by atoms with Crippen molar-refractivity contribution in [2.24, 2.45) is 0 Å². The number of hydrogen-bond acceptors (Lipinski definition) is 2. The molecule has 1 aromatic heterocycles. The minimum Gasteiger partial charge on any atom is -0.341 e. The van der Waals surface area contributed by atoms with E-state index in [0.717, 1.165) is 0 Å². The summed E-state index contributed by atoms with van der Waals surface area (Å²) in [4.78, 5) is 10.9. The third-order valence-corrected chi connectivity index (χ3v) is 1.62. The van der Waals surface area contributed by atoms with Crippen molar-refractivity contribution in [2.75, 3.05) is 12.4 Å². The predicted molar refractivity (Wildman–Crippen MR) is 50.7 cm³/mol. The van der Waals surface area contributed by atoms with Crippen LogP contribution in [0.15, 0.2) is 12.4 Å². The number of anilines is 1. The zero-order chi connectivity index (χ0) is 9.84. The molecule has 5 heteroatoms. The standard InChI is InChI=1S/C8H14N4O/c1-6(2)12-5-7(4-10-12)11-8(13)9-3/h4-6H,1-3H3,(H2,9,11,13). The van der Waals surface area contributed by atoms with E-state index >= 15 is 0 Å². The first-order valence-corrected chi connectivity index (χ1v) is 4.16. The smallest absolute Gasteiger partial charge is 0.319 e. The summed E-state index contributed by atoms with van der Waals surface area (Å²) in [6.45, 7) is 4.05. The van der Waals surface area contributed by atoms with E-state index in [9.17, 15) is 4.79 Å². The van der Waals surface area contributed by atoms with Gasteiger partial charge in [-0.05, 0) is 13.8 Å². The second-order valence-corrected chi connectivity index (χ2v) is 3.01. The van der Waals surface area contributed by atoms with Gasteiger partial charge >= 0.3 is 6.03 Å². The van der Waals surface area contributed by atoms with E-state index in [-0.39, 0.29) is 6.03 Å². The molecule has 1 rings (SSSR count). The van der Waals surface area contributed by atoms with Crippen LogP contribution in [-0.4, -0.2) is 22.9 Å². The Hall–Kier alpha value is -1.52. The molecule has 0 aliphatic carbocycles. The maximum atomic E-state index is 10.9. The lowest BCUT2D eigenvalue weighted by Gasteiger charge is -2.03. The van der Waals surface area contributed by atoms with E-state index in [1.54, 1.807) is 24.1 Å². The third kappa shape index (κ3) is 2.47. The summed E-state index contributed by atoms with van der Waals surface area (Å²) in [5.74, 6) is 0. The Bertz CT molecular complexity index is 292. The molecular weight excluding hydrogens is 168 g/mol. The summed E-state index contributed by atoms with van der Waals surface area (Å²) in [6, 6.07) is 0.0727. The Labute approximate surface area is 77.1 Å². The van der Waals surface area contributed by atoms with Gasteiger partial charge in [0.05, 0.1) is 11.9 Å². The van der Waals surface area contributed by atoms with Crippen LogP contribution in [0.1, 0.15) is 19.9 Å². The molecule has 0 unspecified atom stereocenters. The van der Waals surface area contributed by atoms with E-state index in [4.69, 9.17) is 0 Å². The van der Waals surface area contributed by atoms with Gasteiger partial charge in [-0.1, -0.05) is 0 Å². The normalized spacial score (nSPS) is 10.2. The van der Waals surface area contributed by atoms with E-state index in [1.165, 1.54) is 0 Å². The van der Waals surface area contributed by atoms with Crippen LogP contribution in [0.4, 0.5) is 10.5 Å². The largest absolute Gasteiger partial charge is 0.341 e. The summed E-state index contributed by atoms with van der Waals surface area (Å²) in [5, 5.41) is 9.18. The van der Waals surface area contributed by atoms with Gasteiger partial charge in [-0.15, -0.1) is 0 Å². The second kappa shape index (κ2) is 3.93. The molecule has 0 saturated carbocycles. The van der Waals surface area contributed by atoms with Crippen molar-refractivity contribution in [1.29, 1.82) is 0 Å². The minimum atomic E-state index is -0.233. The Kier molecular flexibility index (Phi) is 2.89. The number of nitrogens with zero attached hydrogens (tertiary/aromatic N) is 2. The predicted octanol–water partition coefficient (Wildman–Crippen LogP) is 1.22. The van der Waals surface area contributed by atoms with E-state index in [1.807, 2.05) is 13.8 Å². The molecule has 0 saturated heterocycles. The maximum absolute atomic E-state index is 10.9. The van der Waals surface area contributed by atoms with E-state index in [2.05, 4.69) is 15.7 Å². The van der Waals surface area contributed by atoms with Gasteiger partial charge < -0.3 is 10.6 Å². The number of carbonyl (C=O) groups excluding carboxylic acids is 1. The highest BCUT2D eigenvalue weighted by Crippen LogP contribution is 2.09. The molecule has 2 N–H and O–H groups in total. The molecular formula is C8H14N4O. The van der Waals surface area contributed by atoms with Crippen LogP contribution >= 0.6 is 0 Å². The summed E-state index contributed by atoms with van der Waals surface area (Å²) in [7, 11) is 1.57. The van der Waals surface area contributed by atoms with Crippen LogP contribution in [0.2, 0.25) is 0 Å². The van der Waals surface area contributed by atoms with Gasteiger partial charge in [0.2, 0.25) is 0 Å². The quantitative estimate of drug-likeness (QED) is 0.722. The number of rotatable bonds is 2. The fourth-order valence-corrected chi connectivity index (χ4v) is 0.879. The Balaban J connectivity index is 2.64. The minimum absolute atomic E-state index is 0.233. The first-order valence-electron chi connectivity index (χ1n) is 4.16. The molecule has 1 heterocycles. The molecule has 1 aromatic rings. The molecule has 0 radical (unpaired) electrons. The van der Waals surface area contributed by atoms with E-state index in [0.29, 0.717) is 11.7 Å². The van der Waals surface area contributed by atoms with Crippen molar-refractivity contribution in [3.8, 4) is 0 Å². The van der Waals surface area contributed by atoms with Crippen molar-refractivity contribution in [3.05, 3.63) is 12.4 Å². The Morgan fingerprint density at radius 1 is 1.62 bits per heavy atom. The zero-order valence-corrected chi connectivity index (χ0v) is 8.03. The number of hydrogen-bond donors (Lipinski definition) is 2. The fourth-order valence-electron chi connectivity index (χ4n) is 0.879. The molecule has 0 aromatic carbocycles. The van der Waals surface area contributed by atoms with Gasteiger partial charge in [-0.25, -0.2) is 4.79 Å². The molecule has 0 aliphatic heterocycles.